The summed E-state index contributed by atoms with van der Waals surface area (Å²) in [5.41, 5.74) is 1.01. The fourth-order valence-electron chi connectivity index (χ4n) is 2.53. The van der Waals surface area contributed by atoms with E-state index in [9.17, 15) is 19.7 Å². The van der Waals surface area contributed by atoms with Crippen LogP contribution in [0.1, 0.15) is 12.0 Å². The van der Waals surface area contributed by atoms with Gasteiger partial charge < -0.3 is 15.3 Å². The molecule has 0 amide bonds. The van der Waals surface area contributed by atoms with Crippen LogP contribution in [0.3, 0.4) is 0 Å². The highest BCUT2D eigenvalue weighted by atomic mass is 19.1. The lowest BCUT2D eigenvalue weighted by molar-refractivity contribution is -0.0890. The average Bonchev–Trinajstić information content (AvgIpc) is 2.42. The number of rotatable bonds is 4. The summed E-state index contributed by atoms with van der Waals surface area (Å²) >= 11 is 0. The molecule has 106 valence electrons. The molecule has 0 bridgehead atoms. The number of aliphatic hydroxyl groups excluding tert-OH is 3. The Morgan fingerprint density at radius 3 is 2.53 bits per heavy atom. The van der Waals surface area contributed by atoms with Crippen molar-refractivity contribution < 1.29 is 19.7 Å². The SMILES string of the molecule is OC[C@H]1[C@@H](O)[C@H](O)CCN1CCc1ccc(F)cc1. The topological polar surface area (TPSA) is 63.9 Å². The number of benzene rings is 1. The van der Waals surface area contributed by atoms with Crippen LogP contribution in [0.15, 0.2) is 24.3 Å². The highest BCUT2D eigenvalue weighted by Gasteiger charge is 2.35. The molecule has 1 saturated heterocycles. The summed E-state index contributed by atoms with van der Waals surface area (Å²) in [5.74, 6) is -0.256. The van der Waals surface area contributed by atoms with Crippen molar-refractivity contribution in [3.8, 4) is 0 Å². The molecule has 19 heavy (non-hydrogen) atoms. The molecule has 0 spiro atoms. The van der Waals surface area contributed by atoms with Gasteiger partial charge in [0.15, 0.2) is 0 Å². The van der Waals surface area contributed by atoms with E-state index in [2.05, 4.69) is 0 Å². The molecule has 1 aliphatic rings. The quantitative estimate of drug-likeness (QED) is 0.728. The number of piperidine rings is 1. The molecule has 0 aliphatic carbocycles. The molecular formula is C14H20FNO3. The molecular weight excluding hydrogens is 249 g/mol. The number of halogens is 1. The van der Waals surface area contributed by atoms with Gasteiger partial charge in [-0.3, -0.25) is 4.90 Å². The van der Waals surface area contributed by atoms with Gasteiger partial charge in [-0.05, 0) is 30.5 Å². The van der Waals surface area contributed by atoms with Gasteiger partial charge in [-0.25, -0.2) is 4.39 Å². The normalized spacial score (nSPS) is 28.5. The van der Waals surface area contributed by atoms with Crippen LogP contribution in [0.2, 0.25) is 0 Å². The fourth-order valence-corrected chi connectivity index (χ4v) is 2.53. The van der Waals surface area contributed by atoms with Gasteiger partial charge in [0, 0.05) is 13.1 Å². The Kier molecular flexibility index (Phi) is 4.87. The Hall–Kier alpha value is -1.01. The number of nitrogens with zero attached hydrogens (tertiary/aromatic N) is 1. The smallest absolute Gasteiger partial charge is 0.123 e. The van der Waals surface area contributed by atoms with E-state index in [4.69, 9.17) is 0 Å². The molecule has 1 aromatic carbocycles. The van der Waals surface area contributed by atoms with Crippen molar-refractivity contribution in [3.05, 3.63) is 35.6 Å². The summed E-state index contributed by atoms with van der Waals surface area (Å²) in [4.78, 5) is 1.97. The van der Waals surface area contributed by atoms with Crippen LogP contribution in [0.25, 0.3) is 0 Å². The lowest BCUT2D eigenvalue weighted by atomic mass is 9.96. The Bertz CT molecular complexity index is 398. The van der Waals surface area contributed by atoms with Gasteiger partial charge in [-0.2, -0.15) is 0 Å². The van der Waals surface area contributed by atoms with Gasteiger partial charge >= 0.3 is 0 Å². The fraction of sp³-hybridized carbons (Fsp3) is 0.571. The second-order valence-corrected chi connectivity index (χ2v) is 5.01. The molecule has 1 aromatic rings. The van der Waals surface area contributed by atoms with Gasteiger partial charge in [-0.15, -0.1) is 0 Å². The molecule has 0 unspecified atom stereocenters. The Morgan fingerprint density at radius 1 is 1.21 bits per heavy atom. The maximum Gasteiger partial charge on any atom is 0.123 e. The van der Waals surface area contributed by atoms with Gasteiger partial charge in [0.05, 0.1) is 24.9 Å². The highest BCUT2D eigenvalue weighted by molar-refractivity contribution is 5.16. The minimum absolute atomic E-state index is 0.179. The number of aliphatic hydroxyl groups is 3. The Labute approximate surface area is 112 Å². The second kappa shape index (κ2) is 6.43. The third-order valence-corrected chi connectivity index (χ3v) is 3.76. The van der Waals surface area contributed by atoms with Crippen molar-refractivity contribution in [1.82, 2.24) is 4.90 Å². The van der Waals surface area contributed by atoms with Crippen LogP contribution < -0.4 is 0 Å². The molecule has 3 atom stereocenters. The second-order valence-electron chi connectivity index (χ2n) is 5.01. The summed E-state index contributed by atoms with van der Waals surface area (Å²) in [5, 5.41) is 28.7. The molecule has 4 nitrogen and oxygen atoms in total. The zero-order valence-corrected chi connectivity index (χ0v) is 10.7. The van der Waals surface area contributed by atoms with Crippen LogP contribution in [0.5, 0.6) is 0 Å². The summed E-state index contributed by atoms with van der Waals surface area (Å²) in [6.45, 7) is 1.13. The first-order valence-corrected chi connectivity index (χ1v) is 6.57. The van der Waals surface area contributed by atoms with E-state index in [0.29, 0.717) is 19.5 Å². The van der Waals surface area contributed by atoms with E-state index in [0.717, 1.165) is 12.0 Å². The van der Waals surface area contributed by atoms with Crippen LogP contribution >= 0.6 is 0 Å². The van der Waals surface area contributed by atoms with E-state index in [1.54, 1.807) is 12.1 Å². The molecule has 0 aromatic heterocycles. The number of hydrogen-bond donors (Lipinski definition) is 3. The van der Waals surface area contributed by atoms with Crippen molar-refractivity contribution in [2.75, 3.05) is 19.7 Å². The lowest BCUT2D eigenvalue weighted by Crippen LogP contribution is -2.56. The van der Waals surface area contributed by atoms with Gasteiger partial charge in [0.25, 0.3) is 0 Å². The maximum absolute atomic E-state index is 12.8. The Morgan fingerprint density at radius 2 is 1.89 bits per heavy atom. The summed E-state index contributed by atoms with van der Waals surface area (Å²) in [7, 11) is 0. The van der Waals surface area contributed by atoms with Crippen molar-refractivity contribution in [3.63, 3.8) is 0 Å². The van der Waals surface area contributed by atoms with E-state index < -0.39 is 18.2 Å². The van der Waals surface area contributed by atoms with Crippen molar-refractivity contribution in [2.45, 2.75) is 31.1 Å². The largest absolute Gasteiger partial charge is 0.395 e. The summed E-state index contributed by atoms with van der Waals surface area (Å²) in [6.07, 6.45) is -0.452. The predicted molar refractivity (Wildman–Crippen MR) is 69.2 cm³/mol. The van der Waals surface area contributed by atoms with E-state index in [1.807, 2.05) is 4.90 Å². The molecule has 3 N–H and O–H groups in total. The third kappa shape index (κ3) is 3.51. The van der Waals surface area contributed by atoms with E-state index in [-0.39, 0.29) is 12.4 Å². The van der Waals surface area contributed by atoms with Crippen molar-refractivity contribution >= 4 is 0 Å². The molecule has 0 radical (unpaired) electrons. The van der Waals surface area contributed by atoms with Crippen molar-refractivity contribution in [2.24, 2.45) is 0 Å². The lowest BCUT2D eigenvalue weighted by Gasteiger charge is -2.40. The van der Waals surface area contributed by atoms with E-state index >= 15 is 0 Å². The first-order valence-electron chi connectivity index (χ1n) is 6.57. The zero-order valence-electron chi connectivity index (χ0n) is 10.7. The summed E-state index contributed by atoms with van der Waals surface area (Å²) in [6, 6.07) is 5.89. The van der Waals surface area contributed by atoms with Crippen LogP contribution in [-0.2, 0) is 6.42 Å². The molecule has 5 heteroatoms. The van der Waals surface area contributed by atoms with E-state index in [1.165, 1.54) is 12.1 Å². The monoisotopic (exact) mass is 269 g/mol. The summed E-state index contributed by atoms with van der Waals surface area (Å²) < 4.78 is 12.8. The maximum atomic E-state index is 12.8. The van der Waals surface area contributed by atoms with Crippen LogP contribution in [0, 0.1) is 5.82 Å². The molecule has 1 heterocycles. The molecule has 1 fully saturated rings. The first-order chi connectivity index (χ1) is 9.11. The molecule has 2 rings (SSSR count). The van der Waals surface area contributed by atoms with Crippen LogP contribution in [0.4, 0.5) is 4.39 Å². The standard InChI is InChI=1S/C14H20FNO3/c15-11-3-1-10(2-4-11)5-7-16-8-6-13(18)14(19)12(16)9-17/h1-4,12-14,17-19H,5-9H2/t12-,13+,14+/m0/s1. The Balaban J connectivity index is 1.92. The van der Waals surface area contributed by atoms with Gasteiger partial charge in [0.2, 0.25) is 0 Å². The zero-order chi connectivity index (χ0) is 13.8. The first kappa shape index (κ1) is 14.4. The van der Waals surface area contributed by atoms with Crippen LogP contribution in [-0.4, -0.2) is 58.2 Å². The number of hydrogen-bond acceptors (Lipinski definition) is 4. The molecule has 0 saturated carbocycles. The highest BCUT2D eigenvalue weighted by Crippen LogP contribution is 2.18. The third-order valence-electron chi connectivity index (χ3n) is 3.76. The van der Waals surface area contributed by atoms with Crippen molar-refractivity contribution in [1.29, 1.82) is 0 Å². The van der Waals surface area contributed by atoms with Gasteiger partial charge in [0.1, 0.15) is 5.82 Å². The predicted octanol–water partition coefficient (Wildman–Crippen LogP) is 0.157. The minimum Gasteiger partial charge on any atom is -0.395 e. The molecule has 1 aliphatic heterocycles. The number of likely N-dealkylation sites (tertiary alicyclic amines) is 1. The van der Waals surface area contributed by atoms with Gasteiger partial charge in [-0.1, -0.05) is 12.1 Å². The average molecular weight is 269 g/mol. The minimum atomic E-state index is -0.910.